The minimum atomic E-state index is 0.0247. The number of Topliss-reactive ketones (excluding diaryl/α,β-unsaturated/α-hetero) is 1. The topological polar surface area (TPSA) is 33.2 Å². The van der Waals surface area contributed by atoms with Crippen molar-refractivity contribution in [2.24, 2.45) is 0 Å². The Bertz CT molecular complexity index is 321. The number of pyridine rings is 1. The molecule has 0 unspecified atom stereocenters. The van der Waals surface area contributed by atoms with Crippen molar-refractivity contribution in [3.63, 3.8) is 0 Å². The highest BCUT2D eigenvalue weighted by atomic mass is 16.1. The van der Waals surface area contributed by atoms with Gasteiger partial charge >= 0.3 is 0 Å². The van der Waals surface area contributed by atoms with Crippen molar-refractivity contribution in [3.8, 4) is 0 Å². The molecule has 1 aromatic heterocycles. The summed E-state index contributed by atoms with van der Waals surface area (Å²) in [5.41, 5.74) is 1.53. The Kier molecular flexibility index (Phi) is 3.77. The van der Waals surface area contributed by atoms with E-state index in [1.54, 1.807) is 6.07 Å². The van der Waals surface area contributed by atoms with E-state index >= 15 is 0 Å². The molecule has 0 amide bonds. The van der Waals surface area contributed by atoms with Crippen LogP contribution < -0.4 is 0 Å². The van der Waals surface area contributed by atoms with Crippen LogP contribution in [0.3, 0.4) is 0 Å². The normalized spacial score (nSPS) is 10.6. The molecule has 1 rings (SSSR count). The SMILES string of the molecule is CC(=O)c1cccc(CCN(C)C)n1. The monoisotopic (exact) mass is 192 g/mol. The minimum absolute atomic E-state index is 0.0247. The molecule has 14 heavy (non-hydrogen) atoms. The fraction of sp³-hybridized carbons (Fsp3) is 0.455. The summed E-state index contributed by atoms with van der Waals surface area (Å²) < 4.78 is 0. The van der Waals surface area contributed by atoms with Crippen LogP contribution in [0.1, 0.15) is 23.1 Å². The van der Waals surface area contributed by atoms with Crippen LogP contribution in [0.25, 0.3) is 0 Å². The van der Waals surface area contributed by atoms with Gasteiger partial charge in [0.2, 0.25) is 0 Å². The van der Waals surface area contributed by atoms with Crippen LogP contribution in [-0.4, -0.2) is 36.3 Å². The fourth-order valence-corrected chi connectivity index (χ4v) is 1.15. The molecule has 3 heteroatoms. The van der Waals surface area contributed by atoms with Gasteiger partial charge in [0.05, 0.1) is 0 Å². The van der Waals surface area contributed by atoms with E-state index < -0.39 is 0 Å². The summed E-state index contributed by atoms with van der Waals surface area (Å²) in [5.74, 6) is 0.0247. The van der Waals surface area contributed by atoms with Crippen molar-refractivity contribution in [2.45, 2.75) is 13.3 Å². The maximum Gasteiger partial charge on any atom is 0.178 e. The third kappa shape index (κ3) is 3.26. The highest BCUT2D eigenvalue weighted by Gasteiger charge is 2.02. The number of hydrogen-bond acceptors (Lipinski definition) is 3. The number of carbonyl (C=O) groups excluding carboxylic acids is 1. The summed E-state index contributed by atoms with van der Waals surface area (Å²) in [6.45, 7) is 2.49. The van der Waals surface area contributed by atoms with Crippen LogP contribution in [0.5, 0.6) is 0 Å². The zero-order chi connectivity index (χ0) is 10.6. The Morgan fingerprint density at radius 2 is 2.14 bits per heavy atom. The number of ketones is 1. The van der Waals surface area contributed by atoms with E-state index in [9.17, 15) is 4.79 Å². The maximum atomic E-state index is 11.1. The average Bonchev–Trinajstić information content (AvgIpc) is 2.15. The first-order valence-corrected chi connectivity index (χ1v) is 4.71. The van der Waals surface area contributed by atoms with E-state index in [0.29, 0.717) is 5.69 Å². The number of hydrogen-bond donors (Lipinski definition) is 0. The van der Waals surface area contributed by atoms with Gasteiger partial charge in [0, 0.05) is 25.6 Å². The van der Waals surface area contributed by atoms with Gasteiger partial charge in [-0.2, -0.15) is 0 Å². The largest absolute Gasteiger partial charge is 0.309 e. The molecule has 0 bridgehead atoms. The lowest BCUT2D eigenvalue weighted by Gasteiger charge is -2.08. The average molecular weight is 192 g/mol. The summed E-state index contributed by atoms with van der Waals surface area (Å²) >= 11 is 0. The second-order valence-corrected chi connectivity index (χ2v) is 3.62. The van der Waals surface area contributed by atoms with Crippen molar-refractivity contribution in [2.75, 3.05) is 20.6 Å². The molecule has 0 radical (unpaired) electrons. The van der Waals surface area contributed by atoms with Gasteiger partial charge in [-0.15, -0.1) is 0 Å². The maximum absolute atomic E-state index is 11.1. The Morgan fingerprint density at radius 1 is 1.43 bits per heavy atom. The van der Waals surface area contributed by atoms with Crippen molar-refractivity contribution in [1.82, 2.24) is 9.88 Å². The molecule has 0 N–H and O–H groups in total. The van der Waals surface area contributed by atoms with Gasteiger partial charge in [0.1, 0.15) is 5.69 Å². The van der Waals surface area contributed by atoms with E-state index in [1.165, 1.54) is 6.92 Å². The van der Waals surface area contributed by atoms with Gasteiger partial charge in [-0.25, -0.2) is 4.98 Å². The minimum Gasteiger partial charge on any atom is -0.309 e. The first kappa shape index (κ1) is 10.9. The zero-order valence-electron chi connectivity index (χ0n) is 8.95. The Balaban J connectivity index is 2.69. The first-order chi connectivity index (χ1) is 6.59. The highest BCUT2D eigenvalue weighted by molar-refractivity contribution is 5.92. The van der Waals surface area contributed by atoms with E-state index in [0.717, 1.165) is 18.7 Å². The van der Waals surface area contributed by atoms with Crippen molar-refractivity contribution < 1.29 is 4.79 Å². The van der Waals surface area contributed by atoms with Gasteiger partial charge in [-0.05, 0) is 26.2 Å². The van der Waals surface area contributed by atoms with E-state index in [4.69, 9.17) is 0 Å². The lowest BCUT2D eigenvalue weighted by molar-refractivity contribution is 0.101. The van der Waals surface area contributed by atoms with Crippen LogP contribution in [-0.2, 0) is 6.42 Å². The molecule has 1 heterocycles. The molecule has 0 atom stereocenters. The van der Waals surface area contributed by atoms with E-state index in [2.05, 4.69) is 9.88 Å². The van der Waals surface area contributed by atoms with E-state index in [1.807, 2.05) is 26.2 Å². The second kappa shape index (κ2) is 4.86. The standard InChI is InChI=1S/C11H16N2O/c1-9(14)11-6-4-5-10(12-11)7-8-13(2)3/h4-6H,7-8H2,1-3H3. The molecule has 0 aliphatic carbocycles. The molecule has 0 aliphatic rings. The fourth-order valence-electron chi connectivity index (χ4n) is 1.15. The molecule has 0 aliphatic heterocycles. The second-order valence-electron chi connectivity index (χ2n) is 3.62. The summed E-state index contributed by atoms with van der Waals surface area (Å²) in [7, 11) is 4.05. The predicted molar refractivity (Wildman–Crippen MR) is 56.5 cm³/mol. The lowest BCUT2D eigenvalue weighted by Crippen LogP contribution is -2.16. The van der Waals surface area contributed by atoms with Crippen molar-refractivity contribution >= 4 is 5.78 Å². The molecule has 3 nitrogen and oxygen atoms in total. The van der Waals surface area contributed by atoms with Gasteiger partial charge in [-0.3, -0.25) is 4.79 Å². The molecule has 1 aromatic rings. The summed E-state index contributed by atoms with van der Waals surface area (Å²) in [6, 6.07) is 5.59. The number of rotatable bonds is 4. The van der Waals surface area contributed by atoms with Crippen LogP contribution in [0.15, 0.2) is 18.2 Å². The Morgan fingerprint density at radius 3 is 2.71 bits per heavy atom. The molecule has 76 valence electrons. The Hall–Kier alpha value is -1.22. The third-order valence-electron chi connectivity index (χ3n) is 1.98. The summed E-state index contributed by atoms with van der Waals surface area (Å²) in [5, 5.41) is 0. The molecular formula is C11H16N2O. The van der Waals surface area contributed by atoms with Gasteiger partial charge in [-0.1, -0.05) is 6.07 Å². The predicted octanol–water partition coefficient (Wildman–Crippen LogP) is 1.39. The van der Waals surface area contributed by atoms with Crippen molar-refractivity contribution in [3.05, 3.63) is 29.6 Å². The van der Waals surface area contributed by atoms with Crippen LogP contribution >= 0.6 is 0 Å². The molecule has 0 aromatic carbocycles. The number of aromatic nitrogens is 1. The highest BCUT2D eigenvalue weighted by Crippen LogP contribution is 2.01. The van der Waals surface area contributed by atoms with Crippen LogP contribution in [0.2, 0.25) is 0 Å². The van der Waals surface area contributed by atoms with E-state index in [-0.39, 0.29) is 5.78 Å². The number of nitrogens with zero attached hydrogens (tertiary/aromatic N) is 2. The molecular weight excluding hydrogens is 176 g/mol. The molecule has 0 saturated heterocycles. The molecule has 0 spiro atoms. The summed E-state index contributed by atoms with van der Waals surface area (Å²) in [4.78, 5) is 17.4. The third-order valence-corrected chi connectivity index (χ3v) is 1.98. The summed E-state index contributed by atoms with van der Waals surface area (Å²) in [6.07, 6.45) is 0.883. The van der Waals surface area contributed by atoms with Crippen LogP contribution in [0, 0.1) is 0 Å². The number of likely N-dealkylation sites (N-methyl/N-ethyl adjacent to an activating group) is 1. The smallest absolute Gasteiger partial charge is 0.178 e. The quantitative estimate of drug-likeness (QED) is 0.676. The van der Waals surface area contributed by atoms with Gasteiger partial charge in [0.15, 0.2) is 5.78 Å². The van der Waals surface area contributed by atoms with Crippen molar-refractivity contribution in [1.29, 1.82) is 0 Å². The molecule has 0 fully saturated rings. The Labute approximate surface area is 84.8 Å². The lowest BCUT2D eigenvalue weighted by atomic mass is 10.2. The first-order valence-electron chi connectivity index (χ1n) is 4.71. The number of carbonyl (C=O) groups is 1. The van der Waals surface area contributed by atoms with Gasteiger partial charge < -0.3 is 4.90 Å². The zero-order valence-corrected chi connectivity index (χ0v) is 8.95. The van der Waals surface area contributed by atoms with Crippen LogP contribution in [0.4, 0.5) is 0 Å². The molecule has 0 saturated carbocycles. The van der Waals surface area contributed by atoms with Gasteiger partial charge in [0.25, 0.3) is 0 Å².